The van der Waals surface area contributed by atoms with Gasteiger partial charge in [0.05, 0.1) is 11.1 Å². The topological polar surface area (TPSA) is 69.4 Å². The Bertz CT molecular complexity index is 384. The van der Waals surface area contributed by atoms with E-state index in [4.69, 9.17) is 5.73 Å². The van der Waals surface area contributed by atoms with Crippen LogP contribution in [0.4, 0.5) is 5.69 Å². The number of rotatable bonds is 0. The van der Waals surface area contributed by atoms with Crippen LogP contribution in [0.2, 0.25) is 0 Å². The Morgan fingerprint density at radius 1 is 1.15 bits per heavy atom. The Hall–Kier alpha value is -1.84. The second kappa shape index (κ2) is 2.32. The van der Waals surface area contributed by atoms with Crippen LogP contribution >= 0.6 is 0 Å². The molecule has 0 bridgehead atoms. The maximum atomic E-state index is 11.2. The predicted molar refractivity (Wildman–Crippen MR) is 45.3 cm³/mol. The summed E-state index contributed by atoms with van der Waals surface area (Å²) in [6.45, 7) is 1.73. The van der Waals surface area contributed by atoms with Crippen LogP contribution in [0.3, 0.4) is 0 Å². The van der Waals surface area contributed by atoms with Crippen LogP contribution in [0.15, 0.2) is 12.1 Å². The molecule has 13 heavy (non-hydrogen) atoms. The number of aryl methyl sites for hydroxylation is 1. The number of esters is 2. The smallest absolute Gasteiger partial charge is 0.349 e. The summed E-state index contributed by atoms with van der Waals surface area (Å²) in [5.74, 6) is -1.26. The van der Waals surface area contributed by atoms with Gasteiger partial charge < -0.3 is 10.5 Å². The maximum absolute atomic E-state index is 11.2. The van der Waals surface area contributed by atoms with Crippen LogP contribution in [0, 0.1) is 6.92 Å². The third-order valence-corrected chi connectivity index (χ3v) is 2.04. The molecule has 0 atom stereocenters. The lowest BCUT2D eigenvalue weighted by Gasteiger charge is -2.00. The molecule has 0 amide bonds. The number of nitrogen functional groups attached to an aromatic ring is 1. The highest BCUT2D eigenvalue weighted by molar-refractivity contribution is 6.18. The number of anilines is 1. The van der Waals surface area contributed by atoms with Crippen molar-refractivity contribution >= 4 is 17.6 Å². The van der Waals surface area contributed by atoms with Crippen molar-refractivity contribution in [3.8, 4) is 0 Å². The van der Waals surface area contributed by atoms with Gasteiger partial charge in [-0.2, -0.15) is 0 Å². The van der Waals surface area contributed by atoms with E-state index in [1.54, 1.807) is 19.1 Å². The molecule has 0 unspecified atom stereocenters. The van der Waals surface area contributed by atoms with Crippen molar-refractivity contribution in [3.05, 3.63) is 28.8 Å². The third kappa shape index (κ3) is 0.917. The fourth-order valence-electron chi connectivity index (χ4n) is 1.39. The molecule has 1 aromatic rings. The van der Waals surface area contributed by atoms with Crippen molar-refractivity contribution in [3.63, 3.8) is 0 Å². The minimum atomic E-state index is -0.652. The van der Waals surface area contributed by atoms with Crippen LogP contribution < -0.4 is 5.73 Å². The van der Waals surface area contributed by atoms with E-state index >= 15 is 0 Å². The molecule has 4 heteroatoms. The van der Waals surface area contributed by atoms with Gasteiger partial charge in [0.1, 0.15) is 0 Å². The van der Waals surface area contributed by atoms with Crippen LogP contribution in [0.25, 0.3) is 0 Å². The molecule has 0 saturated carbocycles. The monoisotopic (exact) mass is 177 g/mol. The molecule has 2 rings (SSSR count). The highest BCUT2D eigenvalue weighted by Crippen LogP contribution is 2.27. The van der Waals surface area contributed by atoms with E-state index in [-0.39, 0.29) is 11.3 Å². The summed E-state index contributed by atoms with van der Waals surface area (Å²) < 4.78 is 4.44. The molecule has 1 aliphatic rings. The van der Waals surface area contributed by atoms with Crippen LogP contribution in [-0.4, -0.2) is 11.9 Å². The summed E-state index contributed by atoms with van der Waals surface area (Å²) in [6, 6.07) is 3.28. The molecule has 1 aromatic carbocycles. The van der Waals surface area contributed by atoms with Gasteiger partial charge in [0.15, 0.2) is 0 Å². The minimum absolute atomic E-state index is 0.199. The largest absolute Gasteiger partial charge is 0.398 e. The van der Waals surface area contributed by atoms with E-state index in [9.17, 15) is 9.59 Å². The van der Waals surface area contributed by atoms with Crippen molar-refractivity contribution < 1.29 is 14.3 Å². The van der Waals surface area contributed by atoms with E-state index < -0.39 is 11.9 Å². The lowest BCUT2D eigenvalue weighted by Crippen LogP contribution is -2.00. The van der Waals surface area contributed by atoms with Crippen molar-refractivity contribution in [2.45, 2.75) is 6.92 Å². The average molecular weight is 177 g/mol. The fraction of sp³-hybridized carbons (Fsp3) is 0.111. The minimum Gasteiger partial charge on any atom is -0.398 e. The van der Waals surface area contributed by atoms with Gasteiger partial charge in [-0.3, -0.25) is 0 Å². The van der Waals surface area contributed by atoms with E-state index in [0.717, 1.165) is 0 Å². The van der Waals surface area contributed by atoms with Gasteiger partial charge in [-0.05, 0) is 18.6 Å². The number of hydrogen-bond acceptors (Lipinski definition) is 4. The Kier molecular flexibility index (Phi) is 1.39. The average Bonchev–Trinajstić information content (AvgIpc) is 2.36. The first kappa shape index (κ1) is 7.79. The van der Waals surface area contributed by atoms with Crippen molar-refractivity contribution in [1.82, 2.24) is 0 Å². The normalized spacial score (nSPS) is 14.2. The van der Waals surface area contributed by atoms with E-state index in [1.165, 1.54) is 0 Å². The van der Waals surface area contributed by atoms with E-state index in [1.807, 2.05) is 0 Å². The standard InChI is InChI=1S/C9H7NO3/c1-4-2-3-5(10)7-6(4)8(11)13-9(7)12/h2-3H,10H2,1H3. The summed E-state index contributed by atoms with van der Waals surface area (Å²) in [4.78, 5) is 22.3. The van der Waals surface area contributed by atoms with E-state index in [2.05, 4.69) is 4.74 Å². The highest BCUT2D eigenvalue weighted by atomic mass is 16.6. The maximum Gasteiger partial charge on any atom is 0.349 e. The summed E-state index contributed by atoms with van der Waals surface area (Å²) in [7, 11) is 0. The summed E-state index contributed by atoms with van der Waals surface area (Å²) in [5, 5.41) is 0. The number of nitrogens with two attached hydrogens (primary N) is 1. The van der Waals surface area contributed by atoms with Gasteiger partial charge in [0.25, 0.3) is 0 Å². The van der Waals surface area contributed by atoms with Gasteiger partial charge in [-0.15, -0.1) is 0 Å². The van der Waals surface area contributed by atoms with Crippen molar-refractivity contribution in [1.29, 1.82) is 0 Å². The van der Waals surface area contributed by atoms with Crippen LogP contribution in [-0.2, 0) is 4.74 Å². The third-order valence-electron chi connectivity index (χ3n) is 2.04. The highest BCUT2D eigenvalue weighted by Gasteiger charge is 2.33. The van der Waals surface area contributed by atoms with Gasteiger partial charge in [0, 0.05) is 5.69 Å². The zero-order valence-corrected chi connectivity index (χ0v) is 6.96. The summed E-state index contributed by atoms with van der Waals surface area (Å²) in [6.07, 6.45) is 0. The Labute approximate surface area is 74.3 Å². The van der Waals surface area contributed by atoms with Crippen molar-refractivity contribution in [2.24, 2.45) is 0 Å². The van der Waals surface area contributed by atoms with Gasteiger partial charge >= 0.3 is 11.9 Å². The number of hydrogen-bond donors (Lipinski definition) is 1. The molecule has 1 heterocycles. The molecule has 0 radical (unpaired) electrons. The molecular weight excluding hydrogens is 170 g/mol. The second-order valence-electron chi connectivity index (χ2n) is 2.90. The quantitative estimate of drug-likeness (QED) is 0.363. The lowest BCUT2D eigenvalue weighted by molar-refractivity contribution is 0.0444. The molecule has 0 saturated heterocycles. The first-order valence-electron chi connectivity index (χ1n) is 3.77. The van der Waals surface area contributed by atoms with Crippen molar-refractivity contribution in [2.75, 3.05) is 5.73 Å². The Morgan fingerprint density at radius 2 is 1.77 bits per heavy atom. The van der Waals surface area contributed by atoms with Crippen LogP contribution in [0.5, 0.6) is 0 Å². The zero-order valence-electron chi connectivity index (χ0n) is 6.96. The SMILES string of the molecule is Cc1ccc(N)c2c1C(=O)OC2=O. The lowest BCUT2D eigenvalue weighted by atomic mass is 10.0. The predicted octanol–water partition coefficient (Wildman–Crippen LogP) is 0.888. The molecular formula is C9H7NO3. The first-order chi connectivity index (χ1) is 6.11. The number of carbonyl (C=O) groups is 2. The Balaban J connectivity index is 2.81. The molecule has 2 N–H and O–H groups in total. The number of cyclic esters (lactones) is 2. The van der Waals surface area contributed by atoms with Gasteiger partial charge in [-0.25, -0.2) is 9.59 Å². The molecule has 4 nitrogen and oxygen atoms in total. The number of carbonyl (C=O) groups excluding carboxylic acids is 2. The molecule has 0 aliphatic carbocycles. The first-order valence-corrected chi connectivity index (χ1v) is 3.77. The summed E-state index contributed by atoms with van der Waals surface area (Å²) in [5.41, 5.74) is 7.03. The molecule has 66 valence electrons. The summed E-state index contributed by atoms with van der Waals surface area (Å²) >= 11 is 0. The van der Waals surface area contributed by atoms with Crippen LogP contribution in [0.1, 0.15) is 26.3 Å². The second-order valence-corrected chi connectivity index (χ2v) is 2.90. The molecule has 0 aromatic heterocycles. The zero-order chi connectivity index (χ0) is 9.59. The van der Waals surface area contributed by atoms with Gasteiger partial charge in [0.2, 0.25) is 0 Å². The number of benzene rings is 1. The molecule has 0 fully saturated rings. The number of fused-ring (bicyclic) bond motifs is 1. The Morgan fingerprint density at radius 3 is 2.38 bits per heavy atom. The molecule has 1 aliphatic heterocycles. The van der Waals surface area contributed by atoms with Gasteiger partial charge in [-0.1, -0.05) is 6.07 Å². The molecule has 0 spiro atoms. The fourth-order valence-corrected chi connectivity index (χ4v) is 1.39. The van der Waals surface area contributed by atoms with E-state index in [0.29, 0.717) is 11.1 Å². The number of ether oxygens (including phenoxy) is 1.